The third-order valence-corrected chi connectivity index (χ3v) is 2.73. The number of likely N-dealkylation sites (tertiary alicyclic amines) is 1. The molecule has 1 atom stereocenters. The molecule has 0 aromatic carbocycles. The second-order valence-corrected chi connectivity index (χ2v) is 3.98. The van der Waals surface area contributed by atoms with Gasteiger partial charge in [0.15, 0.2) is 0 Å². The van der Waals surface area contributed by atoms with Crippen LogP contribution in [0.2, 0.25) is 0 Å². The van der Waals surface area contributed by atoms with Crippen molar-refractivity contribution in [3.05, 3.63) is 23.9 Å². The Morgan fingerprint density at radius 3 is 3.18 bits per heavy atom. The molecule has 5 nitrogen and oxygen atoms in total. The van der Waals surface area contributed by atoms with Gasteiger partial charge in [0, 0.05) is 19.3 Å². The summed E-state index contributed by atoms with van der Waals surface area (Å²) in [6, 6.07) is 3.41. The first-order valence-electron chi connectivity index (χ1n) is 5.77. The molecule has 0 bridgehead atoms. The SMILES string of the molecule is CCOc1ncccc1C(=O)N1CC[C@H](O)C1. The van der Waals surface area contributed by atoms with E-state index in [0.29, 0.717) is 37.6 Å². The summed E-state index contributed by atoms with van der Waals surface area (Å²) in [5, 5.41) is 9.43. The largest absolute Gasteiger partial charge is 0.477 e. The lowest BCUT2D eigenvalue weighted by Crippen LogP contribution is -2.30. The molecule has 1 aromatic heterocycles. The van der Waals surface area contributed by atoms with E-state index in [0.717, 1.165) is 0 Å². The van der Waals surface area contributed by atoms with E-state index in [1.807, 2.05) is 6.92 Å². The van der Waals surface area contributed by atoms with E-state index in [1.54, 1.807) is 23.2 Å². The van der Waals surface area contributed by atoms with E-state index in [9.17, 15) is 9.90 Å². The molecule has 1 fully saturated rings. The Morgan fingerprint density at radius 1 is 1.71 bits per heavy atom. The number of aliphatic hydroxyl groups excluding tert-OH is 1. The Balaban J connectivity index is 2.18. The summed E-state index contributed by atoms with van der Waals surface area (Å²) >= 11 is 0. The van der Waals surface area contributed by atoms with Crippen LogP contribution in [0.1, 0.15) is 23.7 Å². The lowest BCUT2D eigenvalue weighted by molar-refractivity contribution is 0.0760. The Morgan fingerprint density at radius 2 is 2.53 bits per heavy atom. The summed E-state index contributed by atoms with van der Waals surface area (Å²) in [4.78, 5) is 17.9. The van der Waals surface area contributed by atoms with E-state index in [4.69, 9.17) is 4.74 Å². The molecule has 2 rings (SSSR count). The molecule has 2 heterocycles. The van der Waals surface area contributed by atoms with Gasteiger partial charge < -0.3 is 14.7 Å². The van der Waals surface area contributed by atoms with Gasteiger partial charge in [0.25, 0.3) is 5.91 Å². The summed E-state index contributed by atoms with van der Waals surface area (Å²) in [5.41, 5.74) is 0.462. The zero-order valence-corrected chi connectivity index (χ0v) is 9.80. The van der Waals surface area contributed by atoms with Gasteiger partial charge in [-0.15, -0.1) is 0 Å². The van der Waals surface area contributed by atoms with E-state index >= 15 is 0 Å². The van der Waals surface area contributed by atoms with Gasteiger partial charge in [0.2, 0.25) is 5.88 Å². The highest BCUT2D eigenvalue weighted by atomic mass is 16.5. The molecule has 1 N–H and O–H groups in total. The van der Waals surface area contributed by atoms with Gasteiger partial charge in [0.1, 0.15) is 5.56 Å². The summed E-state index contributed by atoms with van der Waals surface area (Å²) < 4.78 is 5.32. The second-order valence-electron chi connectivity index (χ2n) is 3.98. The van der Waals surface area contributed by atoms with Gasteiger partial charge in [-0.25, -0.2) is 4.98 Å². The van der Waals surface area contributed by atoms with Crippen LogP contribution >= 0.6 is 0 Å². The molecule has 92 valence electrons. The monoisotopic (exact) mass is 236 g/mol. The third kappa shape index (κ3) is 2.55. The lowest BCUT2D eigenvalue weighted by Gasteiger charge is -2.16. The maximum atomic E-state index is 12.2. The van der Waals surface area contributed by atoms with Crippen LogP contribution in [0.3, 0.4) is 0 Å². The highest BCUT2D eigenvalue weighted by molar-refractivity contribution is 5.96. The minimum Gasteiger partial charge on any atom is -0.477 e. The maximum Gasteiger partial charge on any atom is 0.259 e. The van der Waals surface area contributed by atoms with Crippen LogP contribution in [0.4, 0.5) is 0 Å². The van der Waals surface area contributed by atoms with Crippen molar-refractivity contribution >= 4 is 5.91 Å². The van der Waals surface area contributed by atoms with E-state index in [2.05, 4.69) is 4.98 Å². The molecule has 17 heavy (non-hydrogen) atoms. The standard InChI is InChI=1S/C12H16N2O3/c1-2-17-11-10(4-3-6-13-11)12(16)14-7-5-9(15)8-14/h3-4,6,9,15H,2,5,7-8H2,1H3/t9-/m0/s1. The zero-order chi connectivity index (χ0) is 12.3. The predicted molar refractivity (Wildman–Crippen MR) is 61.9 cm³/mol. The zero-order valence-electron chi connectivity index (χ0n) is 9.80. The second kappa shape index (κ2) is 5.14. The first kappa shape index (κ1) is 11.9. The number of nitrogens with zero attached hydrogens (tertiary/aromatic N) is 2. The fourth-order valence-corrected chi connectivity index (χ4v) is 1.90. The fourth-order valence-electron chi connectivity index (χ4n) is 1.90. The number of ether oxygens (including phenoxy) is 1. The molecule has 1 saturated heterocycles. The van der Waals surface area contributed by atoms with Gasteiger partial charge in [-0.05, 0) is 25.5 Å². The normalized spacial score (nSPS) is 19.4. The van der Waals surface area contributed by atoms with Crippen LogP contribution in [-0.2, 0) is 0 Å². The van der Waals surface area contributed by atoms with Crippen molar-refractivity contribution in [1.29, 1.82) is 0 Å². The Bertz CT molecular complexity index is 408. The fraction of sp³-hybridized carbons (Fsp3) is 0.500. The van der Waals surface area contributed by atoms with Crippen LogP contribution in [0.25, 0.3) is 0 Å². The molecule has 0 radical (unpaired) electrons. The summed E-state index contributed by atoms with van der Waals surface area (Å²) in [6.07, 6.45) is 1.82. The topological polar surface area (TPSA) is 62.7 Å². The number of rotatable bonds is 3. The number of aromatic nitrogens is 1. The smallest absolute Gasteiger partial charge is 0.259 e. The third-order valence-electron chi connectivity index (χ3n) is 2.73. The minimum atomic E-state index is -0.411. The van der Waals surface area contributed by atoms with Crippen molar-refractivity contribution in [2.45, 2.75) is 19.4 Å². The summed E-state index contributed by atoms with van der Waals surface area (Å²) in [6.45, 7) is 3.29. The quantitative estimate of drug-likeness (QED) is 0.838. The van der Waals surface area contributed by atoms with Crippen molar-refractivity contribution in [2.75, 3.05) is 19.7 Å². The Kier molecular flexibility index (Phi) is 3.58. The summed E-state index contributed by atoms with van der Waals surface area (Å²) in [7, 11) is 0. The van der Waals surface area contributed by atoms with Gasteiger partial charge in [-0.3, -0.25) is 4.79 Å². The highest BCUT2D eigenvalue weighted by Crippen LogP contribution is 2.19. The molecular weight excluding hydrogens is 220 g/mol. The van der Waals surface area contributed by atoms with Crippen molar-refractivity contribution in [3.8, 4) is 5.88 Å². The molecule has 1 aliphatic heterocycles. The van der Waals surface area contributed by atoms with Crippen molar-refractivity contribution in [1.82, 2.24) is 9.88 Å². The molecule has 1 amide bonds. The van der Waals surface area contributed by atoms with E-state index in [-0.39, 0.29) is 5.91 Å². The molecule has 0 spiro atoms. The van der Waals surface area contributed by atoms with Crippen LogP contribution in [-0.4, -0.2) is 46.7 Å². The van der Waals surface area contributed by atoms with Crippen LogP contribution in [0, 0.1) is 0 Å². The number of pyridine rings is 1. The van der Waals surface area contributed by atoms with Crippen LogP contribution < -0.4 is 4.74 Å². The minimum absolute atomic E-state index is 0.127. The first-order valence-corrected chi connectivity index (χ1v) is 5.77. The average molecular weight is 236 g/mol. The molecule has 1 aliphatic rings. The van der Waals surface area contributed by atoms with Crippen LogP contribution in [0.5, 0.6) is 5.88 Å². The lowest BCUT2D eigenvalue weighted by atomic mass is 10.2. The number of β-amino-alcohol motifs (C(OH)–C–C–N with tert-alkyl or cyclic N) is 1. The van der Waals surface area contributed by atoms with E-state index < -0.39 is 6.10 Å². The van der Waals surface area contributed by atoms with Crippen molar-refractivity contribution in [3.63, 3.8) is 0 Å². The predicted octanol–water partition coefficient (Wildman–Crippen LogP) is 0.687. The average Bonchev–Trinajstić information content (AvgIpc) is 2.76. The van der Waals surface area contributed by atoms with Gasteiger partial charge in [0.05, 0.1) is 12.7 Å². The molecule has 0 aliphatic carbocycles. The Hall–Kier alpha value is -1.62. The molecule has 5 heteroatoms. The molecule has 0 unspecified atom stereocenters. The van der Waals surface area contributed by atoms with Gasteiger partial charge >= 0.3 is 0 Å². The van der Waals surface area contributed by atoms with Crippen LogP contribution in [0.15, 0.2) is 18.3 Å². The van der Waals surface area contributed by atoms with Gasteiger partial charge in [-0.2, -0.15) is 0 Å². The number of aliphatic hydroxyl groups is 1. The maximum absolute atomic E-state index is 12.2. The number of carbonyl (C=O) groups is 1. The molecule has 0 saturated carbocycles. The molecular formula is C12H16N2O3. The first-order chi connectivity index (χ1) is 8.22. The van der Waals surface area contributed by atoms with Crippen molar-refractivity contribution < 1.29 is 14.6 Å². The highest BCUT2D eigenvalue weighted by Gasteiger charge is 2.27. The van der Waals surface area contributed by atoms with Gasteiger partial charge in [-0.1, -0.05) is 0 Å². The number of hydrogen-bond donors (Lipinski definition) is 1. The number of amides is 1. The van der Waals surface area contributed by atoms with Crippen molar-refractivity contribution in [2.24, 2.45) is 0 Å². The molecule has 1 aromatic rings. The summed E-state index contributed by atoms with van der Waals surface area (Å²) in [5.74, 6) is 0.236. The Labute approximate surface area is 100 Å². The van der Waals surface area contributed by atoms with E-state index in [1.165, 1.54) is 0 Å². The number of carbonyl (C=O) groups excluding carboxylic acids is 1. The number of hydrogen-bond acceptors (Lipinski definition) is 4.